The second-order valence-corrected chi connectivity index (χ2v) is 4.55. The normalized spacial score (nSPS) is 13.7. The summed E-state index contributed by atoms with van der Waals surface area (Å²) in [5.41, 5.74) is 6.44. The highest BCUT2D eigenvalue weighted by Gasteiger charge is 2.13. The molecule has 0 unspecified atom stereocenters. The molecule has 0 saturated heterocycles. The van der Waals surface area contributed by atoms with Crippen LogP contribution in [-0.2, 0) is 0 Å². The molecule has 0 saturated carbocycles. The monoisotopic (exact) mass is 207 g/mol. The largest absolute Gasteiger partial charge is 0.449 e. The van der Waals surface area contributed by atoms with Gasteiger partial charge in [-0.05, 0) is 24.1 Å². The SMILES string of the molecule is CC(C)(C)CC(C=CN)=Nc1cocn1. The van der Waals surface area contributed by atoms with Crippen molar-refractivity contribution in [3.05, 3.63) is 24.9 Å². The van der Waals surface area contributed by atoms with E-state index in [9.17, 15) is 0 Å². The minimum atomic E-state index is 0.169. The van der Waals surface area contributed by atoms with Gasteiger partial charge in [-0.25, -0.2) is 4.99 Å². The fraction of sp³-hybridized carbons (Fsp3) is 0.455. The molecular formula is C11H17N3O. The van der Waals surface area contributed by atoms with Crippen LogP contribution in [0, 0.1) is 5.41 Å². The van der Waals surface area contributed by atoms with Crippen molar-refractivity contribution in [1.82, 2.24) is 4.98 Å². The maximum atomic E-state index is 5.37. The third kappa shape index (κ3) is 4.44. The van der Waals surface area contributed by atoms with Crippen LogP contribution in [0.3, 0.4) is 0 Å². The van der Waals surface area contributed by atoms with E-state index in [0.29, 0.717) is 5.82 Å². The minimum absolute atomic E-state index is 0.169. The van der Waals surface area contributed by atoms with Gasteiger partial charge in [0.15, 0.2) is 12.2 Å². The summed E-state index contributed by atoms with van der Waals surface area (Å²) in [6, 6.07) is 0. The number of nitrogens with zero attached hydrogens (tertiary/aromatic N) is 2. The summed E-state index contributed by atoms with van der Waals surface area (Å²) in [4.78, 5) is 8.28. The highest BCUT2D eigenvalue weighted by molar-refractivity contribution is 5.96. The Bertz CT molecular complexity index is 344. The zero-order valence-electron chi connectivity index (χ0n) is 9.40. The first kappa shape index (κ1) is 11.5. The molecule has 0 aliphatic carbocycles. The van der Waals surface area contributed by atoms with Gasteiger partial charge in [-0.1, -0.05) is 20.8 Å². The summed E-state index contributed by atoms with van der Waals surface area (Å²) < 4.78 is 4.85. The second-order valence-electron chi connectivity index (χ2n) is 4.55. The summed E-state index contributed by atoms with van der Waals surface area (Å²) >= 11 is 0. The lowest BCUT2D eigenvalue weighted by atomic mass is 9.89. The van der Waals surface area contributed by atoms with Gasteiger partial charge in [-0.2, -0.15) is 4.98 Å². The molecule has 0 bridgehead atoms. The number of oxazole rings is 1. The van der Waals surface area contributed by atoms with Crippen molar-refractivity contribution in [3.63, 3.8) is 0 Å². The van der Waals surface area contributed by atoms with Gasteiger partial charge in [-0.15, -0.1) is 0 Å². The van der Waals surface area contributed by atoms with Gasteiger partial charge in [0.25, 0.3) is 0 Å². The van der Waals surface area contributed by atoms with E-state index in [-0.39, 0.29) is 5.41 Å². The third-order valence-corrected chi connectivity index (χ3v) is 1.68. The number of hydrogen-bond acceptors (Lipinski definition) is 4. The van der Waals surface area contributed by atoms with Crippen LogP contribution in [0.15, 0.2) is 34.3 Å². The average molecular weight is 207 g/mol. The van der Waals surface area contributed by atoms with Crippen molar-refractivity contribution in [2.75, 3.05) is 0 Å². The van der Waals surface area contributed by atoms with E-state index < -0.39 is 0 Å². The fourth-order valence-electron chi connectivity index (χ4n) is 1.20. The van der Waals surface area contributed by atoms with Gasteiger partial charge in [0.2, 0.25) is 0 Å². The van der Waals surface area contributed by atoms with Crippen LogP contribution in [0.5, 0.6) is 0 Å². The molecule has 0 aliphatic rings. The summed E-state index contributed by atoms with van der Waals surface area (Å²) in [5, 5.41) is 0. The summed E-state index contributed by atoms with van der Waals surface area (Å²) in [5.74, 6) is 0.576. The average Bonchev–Trinajstić information content (AvgIpc) is 2.54. The summed E-state index contributed by atoms with van der Waals surface area (Å²) in [6.07, 6.45) is 6.99. The topological polar surface area (TPSA) is 64.4 Å². The van der Waals surface area contributed by atoms with E-state index in [1.54, 1.807) is 6.08 Å². The third-order valence-electron chi connectivity index (χ3n) is 1.68. The lowest BCUT2D eigenvalue weighted by Gasteiger charge is -2.17. The molecule has 0 amide bonds. The zero-order valence-corrected chi connectivity index (χ0v) is 9.40. The van der Waals surface area contributed by atoms with Crippen LogP contribution in [0.4, 0.5) is 5.82 Å². The smallest absolute Gasteiger partial charge is 0.191 e. The van der Waals surface area contributed by atoms with E-state index in [2.05, 4.69) is 30.7 Å². The number of allylic oxidation sites excluding steroid dienone is 1. The zero-order chi connectivity index (χ0) is 11.3. The number of nitrogens with two attached hydrogens (primary N) is 1. The van der Waals surface area contributed by atoms with Crippen molar-refractivity contribution >= 4 is 11.5 Å². The van der Waals surface area contributed by atoms with Crippen molar-refractivity contribution in [1.29, 1.82) is 0 Å². The lowest BCUT2D eigenvalue weighted by Crippen LogP contribution is -2.11. The summed E-state index contributed by atoms with van der Waals surface area (Å²) in [7, 11) is 0. The first-order chi connectivity index (χ1) is 7.01. The van der Waals surface area contributed by atoms with Crippen LogP contribution in [-0.4, -0.2) is 10.7 Å². The van der Waals surface area contributed by atoms with Gasteiger partial charge in [0.1, 0.15) is 6.26 Å². The molecule has 15 heavy (non-hydrogen) atoms. The molecule has 2 N–H and O–H groups in total. The Balaban J connectivity index is 2.83. The molecule has 0 aromatic carbocycles. The number of rotatable bonds is 3. The first-order valence-electron chi connectivity index (χ1n) is 4.85. The Morgan fingerprint density at radius 2 is 2.33 bits per heavy atom. The summed E-state index contributed by atoms with van der Waals surface area (Å²) in [6.45, 7) is 6.45. The number of aromatic nitrogens is 1. The molecule has 4 nitrogen and oxygen atoms in total. The van der Waals surface area contributed by atoms with E-state index in [1.165, 1.54) is 18.9 Å². The van der Waals surface area contributed by atoms with Crippen molar-refractivity contribution < 1.29 is 4.42 Å². The van der Waals surface area contributed by atoms with Crippen LogP contribution in [0.1, 0.15) is 27.2 Å². The molecule has 82 valence electrons. The van der Waals surface area contributed by atoms with Crippen molar-refractivity contribution in [2.24, 2.45) is 16.1 Å². The van der Waals surface area contributed by atoms with Crippen LogP contribution in [0.2, 0.25) is 0 Å². The Hall–Kier alpha value is -1.58. The second kappa shape index (κ2) is 4.77. The van der Waals surface area contributed by atoms with Crippen LogP contribution < -0.4 is 5.73 Å². The quantitative estimate of drug-likeness (QED) is 0.775. The maximum absolute atomic E-state index is 5.37. The van der Waals surface area contributed by atoms with Gasteiger partial charge >= 0.3 is 0 Å². The molecule has 1 aromatic rings. The molecule has 1 aromatic heterocycles. The molecule has 0 spiro atoms. The van der Waals surface area contributed by atoms with E-state index in [4.69, 9.17) is 10.2 Å². The van der Waals surface area contributed by atoms with Gasteiger partial charge < -0.3 is 10.2 Å². The number of hydrogen-bond donors (Lipinski definition) is 1. The van der Waals surface area contributed by atoms with E-state index in [0.717, 1.165) is 12.1 Å². The fourth-order valence-corrected chi connectivity index (χ4v) is 1.20. The first-order valence-corrected chi connectivity index (χ1v) is 4.85. The van der Waals surface area contributed by atoms with E-state index >= 15 is 0 Å². The molecule has 0 fully saturated rings. The van der Waals surface area contributed by atoms with Gasteiger partial charge in [0.05, 0.1) is 0 Å². The number of aliphatic imine (C=N–C) groups is 1. The Morgan fingerprint density at radius 1 is 1.60 bits per heavy atom. The van der Waals surface area contributed by atoms with Gasteiger partial charge in [-0.3, -0.25) is 0 Å². The highest BCUT2D eigenvalue weighted by atomic mass is 16.3. The molecule has 0 aliphatic heterocycles. The molecule has 1 heterocycles. The van der Waals surface area contributed by atoms with Crippen molar-refractivity contribution in [3.8, 4) is 0 Å². The van der Waals surface area contributed by atoms with Crippen molar-refractivity contribution in [2.45, 2.75) is 27.2 Å². The predicted octanol–water partition coefficient (Wildman–Crippen LogP) is 2.66. The molecule has 0 radical (unpaired) electrons. The molecule has 0 atom stereocenters. The lowest BCUT2D eigenvalue weighted by molar-refractivity contribution is 0.434. The van der Waals surface area contributed by atoms with E-state index in [1.807, 2.05) is 0 Å². The Kier molecular flexibility index (Phi) is 3.66. The van der Waals surface area contributed by atoms with Crippen LogP contribution >= 0.6 is 0 Å². The standard InChI is InChI=1S/C11H17N3O/c1-11(2,3)6-9(4-5-12)14-10-7-15-8-13-10/h4-5,7-8H,6,12H2,1-3H3. The predicted molar refractivity (Wildman–Crippen MR) is 61.0 cm³/mol. The van der Waals surface area contributed by atoms with Gasteiger partial charge in [0, 0.05) is 5.71 Å². The minimum Gasteiger partial charge on any atom is -0.449 e. The highest BCUT2D eigenvalue weighted by Crippen LogP contribution is 2.21. The van der Waals surface area contributed by atoms with Crippen LogP contribution in [0.25, 0.3) is 0 Å². The maximum Gasteiger partial charge on any atom is 0.191 e. The molecule has 4 heteroatoms. The Morgan fingerprint density at radius 3 is 2.80 bits per heavy atom. The Labute approximate surface area is 89.9 Å². The molecule has 1 rings (SSSR count). The molecular weight excluding hydrogens is 190 g/mol.